The monoisotopic (exact) mass is 551 g/mol. The molecule has 0 amide bonds. The smallest absolute Gasteiger partial charge is 0.160 e. The second-order valence-electron chi connectivity index (χ2n) is 11.7. The number of hydrogen-bond donors (Lipinski definition) is 0. The predicted octanol–water partition coefficient (Wildman–Crippen LogP) is 10.00. The van der Waals surface area contributed by atoms with Crippen molar-refractivity contribution in [3.05, 3.63) is 151 Å². The molecule has 0 unspecified atom stereocenters. The molecule has 0 N–H and O–H groups in total. The first-order valence-corrected chi connectivity index (χ1v) is 14.7. The molecule has 0 atom stereocenters. The predicted molar refractivity (Wildman–Crippen MR) is 177 cm³/mol. The molecule has 1 aliphatic rings. The number of pyridine rings is 1. The Balaban J connectivity index is 1.30. The van der Waals surface area contributed by atoms with Gasteiger partial charge in [-0.2, -0.15) is 0 Å². The van der Waals surface area contributed by atoms with Gasteiger partial charge in [-0.3, -0.25) is 0 Å². The lowest BCUT2D eigenvalue weighted by Gasteiger charge is -2.25. The number of hydrogen-bond acceptors (Lipinski definition) is 3. The Hall–Kier alpha value is -5.41. The lowest BCUT2D eigenvalue weighted by atomic mass is 9.78. The number of aromatic nitrogens is 3. The van der Waals surface area contributed by atoms with Crippen LogP contribution in [0.2, 0.25) is 0 Å². The summed E-state index contributed by atoms with van der Waals surface area (Å²) in [6.45, 7) is 4.65. The quantitative estimate of drug-likeness (QED) is 0.218. The molecule has 0 radical (unpaired) electrons. The highest BCUT2D eigenvalue weighted by atomic mass is 14.9. The molecule has 7 aromatic rings. The molecule has 0 spiro atoms. The van der Waals surface area contributed by atoms with Crippen LogP contribution in [-0.4, -0.2) is 15.0 Å². The van der Waals surface area contributed by atoms with E-state index >= 15 is 0 Å². The van der Waals surface area contributed by atoms with E-state index in [-0.39, 0.29) is 5.41 Å². The summed E-state index contributed by atoms with van der Waals surface area (Å²) in [5, 5.41) is 1.18. The minimum atomic E-state index is -0.168. The summed E-state index contributed by atoms with van der Waals surface area (Å²) in [4.78, 5) is 15.2. The van der Waals surface area contributed by atoms with Crippen LogP contribution in [0.4, 0.5) is 0 Å². The van der Waals surface area contributed by atoms with E-state index in [1.807, 2.05) is 36.4 Å². The highest BCUT2D eigenvalue weighted by molar-refractivity contribution is 6.02. The molecule has 5 aromatic carbocycles. The molecule has 204 valence electrons. The molecule has 0 saturated heterocycles. The van der Waals surface area contributed by atoms with E-state index < -0.39 is 0 Å². The first-order chi connectivity index (χ1) is 21.1. The third-order valence-electron chi connectivity index (χ3n) is 8.67. The summed E-state index contributed by atoms with van der Waals surface area (Å²) >= 11 is 0. The number of nitrogens with zero attached hydrogens (tertiary/aromatic N) is 3. The molecule has 0 fully saturated rings. The highest BCUT2D eigenvalue weighted by Crippen LogP contribution is 2.53. The maximum absolute atomic E-state index is 5.20. The highest BCUT2D eigenvalue weighted by Gasteiger charge is 2.39. The van der Waals surface area contributed by atoms with Gasteiger partial charge in [0.2, 0.25) is 0 Å². The summed E-state index contributed by atoms with van der Waals surface area (Å²) in [5.74, 6) is 0.721. The van der Waals surface area contributed by atoms with Gasteiger partial charge >= 0.3 is 0 Å². The van der Waals surface area contributed by atoms with Crippen molar-refractivity contribution in [3.63, 3.8) is 0 Å². The van der Waals surface area contributed by atoms with Crippen LogP contribution < -0.4 is 0 Å². The molecule has 3 nitrogen and oxygen atoms in total. The van der Waals surface area contributed by atoms with Crippen molar-refractivity contribution in [2.75, 3.05) is 0 Å². The summed E-state index contributed by atoms with van der Waals surface area (Å²) in [6, 6.07) is 48.7. The summed E-state index contributed by atoms with van der Waals surface area (Å²) in [6.07, 6.45) is 0. The maximum Gasteiger partial charge on any atom is 0.160 e. The van der Waals surface area contributed by atoms with Gasteiger partial charge in [-0.1, -0.05) is 141 Å². The fraction of sp³-hybridized carbons (Fsp3) is 0.0750. The van der Waals surface area contributed by atoms with E-state index in [1.165, 1.54) is 33.2 Å². The molecule has 8 rings (SSSR count). The fourth-order valence-corrected chi connectivity index (χ4v) is 6.56. The second kappa shape index (κ2) is 9.85. The summed E-state index contributed by atoms with van der Waals surface area (Å²) in [7, 11) is 0. The number of rotatable bonds is 4. The van der Waals surface area contributed by atoms with Gasteiger partial charge in [-0.25, -0.2) is 15.0 Å². The molecule has 0 bridgehead atoms. The van der Waals surface area contributed by atoms with Gasteiger partial charge in [0.05, 0.1) is 22.6 Å². The molecular weight excluding hydrogens is 522 g/mol. The van der Waals surface area contributed by atoms with Gasteiger partial charge in [-0.15, -0.1) is 0 Å². The van der Waals surface area contributed by atoms with E-state index in [9.17, 15) is 0 Å². The van der Waals surface area contributed by atoms with Gasteiger partial charge in [0.25, 0.3) is 0 Å². The SMILES string of the molecule is CC1(C)c2ccccc2-c2nc3ccccc3c(-c3ccc(-c4cc(-c5ccccc5)nc(-c5ccccc5)n4)cc3)c21. The van der Waals surface area contributed by atoms with Crippen LogP contribution in [0.25, 0.3) is 67.2 Å². The Kier molecular flexibility index (Phi) is 5.80. The van der Waals surface area contributed by atoms with Crippen molar-refractivity contribution in [2.45, 2.75) is 19.3 Å². The summed E-state index contributed by atoms with van der Waals surface area (Å²) in [5.41, 5.74) is 13.2. The van der Waals surface area contributed by atoms with Crippen LogP contribution in [0, 0.1) is 0 Å². The fourth-order valence-electron chi connectivity index (χ4n) is 6.56. The van der Waals surface area contributed by atoms with Crippen molar-refractivity contribution in [1.82, 2.24) is 15.0 Å². The molecule has 43 heavy (non-hydrogen) atoms. The van der Waals surface area contributed by atoms with E-state index in [0.29, 0.717) is 0 Å². The van der Waals surface area contributed by atoms with E-state index in [4.69, 9.17) is 15.0 Å². The van der Waals surface area contributed by atoms with Crippen LogP contribution in [0.1, 0.15) is 25.0 Å². The first kappa shape index (κ1) is 25.3. The van der Waals surface area contributed by atoms with E-state index in [2.05, 4.69) is 117 Å². The van der Waals surface area contributed by atoms with Crippen LogP contribution in [0.3, 0.4) is 0 Å². The first-order valence-electron chi connectivity index (χ1n) is 14.7. The largest absolute Gasteiger partial charge is 0.247 e. The molecule has 1 aliphatic carbocycles. The number of benzene rings is 5. The van der Waals surface area contributed by atoms with Crippen molar-refractivity contribution in [3.8, 4) is 56.3 Å². The Bertz CT molecular complexity index is 2070. The van der Waals surface area contributed by atoms with Crippen molar-refractivity contribution < 1.29 is 0 Å². The van der Waals surface area contributed by atoms with Crippen molar-refractivity contribution in [2.24, 2.45) is 0 Å². The van der Waals surface area contributed by atoms with Crippen LogP contribution in [-0.2, 0) is 5.41 Å². The van der Waals surface area contributed by atoms with Gasteiger partial charge < -0.3 is 0 Å². The Morgan fingerprint density at radius 2 is 1.05 bits per heavy atom. The van der Waals surface area contributed by atoms with Gasteiger partial charge in [-0.05, 0) is 34.4 Å². The molecule has 2 heterocycles. The topological polar surface area (TPSA) is 38.7 Å². The standard InChI is InChI=1S/C40H29N3/c1-40(2)32-19-11-9-17-30(32)38-37(40)36(31-18-10-12-20-33(31)41-38)28-23-21-27(22-24-28)35-25-34(26-13-5-3-6-14-26)42-39(43-35)29-15-7-4-8-16-29/h3-25H,1-2H3. The normalized spacial score (nSPS) is 13.1. The average Bonchev–Trinajstić information content (AvgIpc) is 3.30. The Morgan fingerprint density at radius 1 is 0.488 bits per heavy atom. The average molecular weight is 552 g/mol. The maximum atomic E-state index is 5.20. The molecule has 0 saturated carbocycles. The van der Waals surface area contributed by atoms with Gasteiger partial charge in [0.1, 0.15) is 0 Å². The molecule has 0 aliphatic heterocycles. The zero-order valence-corrected chi connectivity index (χ0v) is 24.1. The number of fused-ring (bicyclic) bond motifs is 4. The Morgan fingerprint density at radius 3 is 1.77 bits per heavy atom. The third-order valence-corrected chi connectivity index (χ3v) is 8.67. The third kappa shape index (κ3) is 4.16. The van der Waals surface area contributed by atoms with Crippen LogP contribution in [0.15, 0.2) is 140 Å². The zero-order chi connectivity index (χ0) is 29.0. The summed E-state index contributed by atoms with van der Waals surface area (Å²) < 4.78 is 0. The zero-order valence-electron chi connectivity index (χ0n) is 24.1. The van der Waals surface area contributed by atoms with Crippen molar-refractivity contribution >= 4 is 10.9 Å². The Labute approximate surface area is 251 Å². The van der Waals surface area contributed by atoms with E-state index in [1.54, 1.807) is 0 Å². The van der Waals surface area contributed by atoms with Gasteiger partial charge in [0, 0.05) is 33.1 Å². The second-order valence-corrected chi connectivity index (χ2v) is 11.7. The lowest BCUT2D eigenvalue weighted by Crippen LogP contribution is -2.16. The molecule has 3 heteroatoms. The van der Waals surface area contributed by atoms with E-state index in [0.717, 1.165) is 45.1 Å². The number of para-hydroxylation sites is 1. The van der Waals surface area contributed by atoms with Crippen molar-refractivity contribution in [1.29, 1.82) is 0 Å². The molecular formula is C40H29N3. The van der Waals surface area contributed by atoms with Gasteiger partial charge in [0.15, 0.2) is 5.82 Å². The molecule has 2 aromatic heterocycles. The van der Waals surface area contributed by atoms with Crippen LogP contribution in [0.5, 0.6) is 0 Å². The minimum absolute atomic E-state index is 0.168. The van der Waals surface area contributed by atoms with Crippen LogP contribution >= 0.6 is 0 Å². The minimum Gasteiger partial charge on any atom is -0.247 e. The lowest BCUT2D eigenvalue weighted by molar-refractivity contribution is 0.662.